The highest BCUT2D eigenvalue weighted by molar-refractivity contribution is 7.86. The Labute approximate surface area is 146 Å². The van der Waals surface area contributed by atoms with Crippen molar-refractivity contribution in [3.63, 3.8) is 0 Å². The third-order valence-electron chi connectivity index (χ3n) is 3.48. The van der Waals surface area contributed by atoms with Crippen LogP contribution in [0.2, 0.25) is 0 Å². The van der Waals surface area contributed by atoms with Gasteiger partial charge in [-0.2, -0.15) is 8.42 Å². The minimum absolute atomic E-state index is 0.117. The molecule has 0 aliphatic heterocycles. The van der Waals surface area contributed by atoms with Crippen molar-refractivity contribution in [2.75, 3.05) is 32.2 Å². The highest BCUT2D eigenvalue weighted by atomic mass is 32.2. The van der Waals surface area contributed by atoms with Gasteiger partial charge >= 0.3 is 0 Å². The summed E-state index contributed by atoms with van der Waals surface area (Å²) in [7, 11) is -3.48. The Kier molecular flexibility index (Phi) is 11.5. The summed E-state index contributed by atoms with van der Waals surface area (Å²) in [5.74, 6) is 0.657. The standard InChI is InChI=1S/C18H30O5S/c1-2-3-4-5-6-10-13-23-24(19,20)17-16-21-14-15-22-18-11-8-7-9-12-18/h7-9,11-12H,2-6,10,13-17H2,1H3. The molecule has 0 saturated carbocycles. The van der Waals surface area contributed by atoms with Crippen LogP contribution < -0.4 is 4.74 Å². The minimum Gasteiger partial charge on any atom is -0.491 e. The van der Waals surface area contributed by atoms with Crippen molar-refractivity contribution in [1.82, 2.24) is 0 Å². The minimum atomic E-state index is -3.48. The van der Waals surface area contributed by atoms with E-state index in [0.717, 1.165) is 25.0 Å². The first-order chi connectivity index (χ1) is 11.6. The maximum atomic E-state index is 11.7. The van der Waals surface area contributed by atoms with Crippen LogP contribution in [0.4, 0.5) is 0 Å². The van der Waals surface area contributed by atoms with Crippen LogP contribution >= 0.6 is 0 Å². The van der Waals surface area contributed by atoms with Crippen molar-refractivity contribution in [1.29, 1.82) is 0 Å². The molecule has 0 spiro atoms. The number of ether oxygens (including phenoxy) is 2. The Morgan fingerprint density at radius 2 is 1.54 bits per heavy atom. The second-order valence-corrected chi connectivity index (χ2v) is 7.38. The average Bonchev–Trinajstić information content (AvgIpc) is 2.58. The zero-order valence-electron chi connectivity index (χ0n) is 14.6. The third-order valence-corrected chi connectivity index (χ3v) is 4.67. The first-order valence-electron chi connectivity index (χ1n) is 8.77. The Bertz CT molecular complexity index is 501. The fraction of sp³-hybridized carbons (Fsp3) is 0.667. The maximum Gasteiger partial charge on any atom is 0.269 e. The molecule has 0 atom stereocenters. The SMILES string of the molecule is CCCCCCCCOS(=O)(=O)CCOCCOc1ccccc1. The summed E-state index contributed by atoms with van der Waals surface area (Å²) >= 11 is 0. The monoisotopic (exact) mass is 358 g/mol. The molecule has 0 aliphatic rings. The van der Waals surface area contributed by atoms with Gasteiger partial charge in [-0.1, -0.05) is 57.2 Å². The van der Waals surface area contributed by atoms with E-state index in [0.29, 0.717) is 13.2 Å². The molecule has 0 bridgehead atoms. The van der Waals surface area contributed by atoms with Gasteiger partial charge in [0.2, 0.25) is 0 Å². The lowest BCUT2D eigenvalue weighted by Gasteiger charge is -2.08. The second kappa shape index (κ2) is 13.2. The van der Waals surface area contributed by atoms with Crippen LogP contribution in [0.5, 0.6) is 5.75 Å². The van der Waals surface area contributed by atoms with Crippen molar-refractivity contribution in [3.8, 4) is 5.75 Å². The number of hydrogen-bond acceptors (Lipinski definition) is 5. The van der Waals surface area contributed by atoms with E-state index in [2.05, 4.69) is 6.92 Å². The van der Waals surface area contributed by atoms with Crippen LogP contribution in [0.1, 0.15) is 45.4 Å². The first kappa shape index (κ1) is 20.9. The molecule has 24 heavy (non-hydrogen) atoms. The molecule has 0 aromatic heterocycles. The summed E-state index contributed by atoms with van der Waals surface area (Å²) in [4.78, 5) is 0. The molecule has 1 aromatic rings. The molecule has 0 N–H and O–H groups in total. The van der Waals surface area contributed by atoms with E-state index in [4.69, 9.17) is 13.7 Å². The van der Waals surface area contributed by atoms with Gasteiger partial charge in [-0.3, -0.25) is 4.18 Å². The average molecular weight is 359 g/mol. The van der Waals surface area contributed by atoms with Crippen LogP contribution in [0, 0.1) is 0 Å². The number of rotatable bonds is 15. The molecule has 0 aliphatic carbocycles. The molecule has 0 amide bonds. The highest BCUT2D eigenvalue weighted by Crippen LogP contribution is 2.08. The van der Waals surface area contributed by atoms with Gasteiger partial charge in [0.15, 0.2) is 0 Å². The molecular formula is C18H30O5S. The molecule has 0 radical (unpaired) electrons. The quantitative estimate of drug-likeness (QED) is 0.353. The number of benzene rings is 1. The third kappa shape index (κ3) is 11.4. The smallest absolute Gasteiger partial charge is 0.269 e. The van der Waals surface area contributed by atoms with E-state index in [-0.39, 0.29) is 19.0 Å². The van der Waals surface area contributed by atoms with Crippen molar-refractivity contribution >= 4 is 10.1 Å². The normalized spacial score (nSPS) is 11.5. The fourth-order valence-corrected chi connectivity index (χ4v) is 2.94. The van der Waals surface area contributed by atoms with Crippen LogP contribution in [0.15, 0.2) is 30.3 Å². The summed E-state index contributed by atoms with van der Waals surface area (Å²) in [6, 6.07) is 9.42. The Morgan fingerprint density at radius 1 is 0.833 bits per heavy atom. The summed E-state index contributed by atoms with van der Waals surface area (Å²) < 4.78 is 39.1. The first-order valence-corrected chi connectivity index (χ1v) is 10.3. The van der Waals surface area contributed by atoms with Gasteiger partial charge in [-0.25, -0.2) is 0 Å². The number of para-hydroxylation sites is 1. The predicted octanol–water partition coefficient (Wildman–Crippen LogP) is 3.79. The summed E-state index contributed by atoms with van der Waals surface area (Å²) in [5, 5.41) is 0. The number of hydrogen-bond donors (Lipinski definition) is 0. The topological polar surface area (TPSA) is 61.8 Å². The van der Waals surface area contributed by atoms with Crippen LogP contribution in [0.3, 0.4) is 0 Å². The zero-order chi connectivity index (χ0) is 17.5. The summed E-state index contributed by atoms with van der Waals surface area (Å²) in [5.41, 5.74) is 0. The molecule has 1 aromatic carbocycles. The highest BCUT2D eigenvalue weighted by Gasteiger charge is 2.10. The Hall–Kier alpha value is -1.11. The van der Waals surface area contributed by atoms with E-state index in [9.17, 15) is 8.42 Å². The maximum absolute atomic E-state index is 11.7. The molecule has 138 valence electrons. The fourth-order valence-electron chi connectivity index (χ4n) is 2.13. The number of unbranched alkanes of at least 4 members (excludes halogenated alkanes) is 5. The van der Waals surface area contributed by atoms with Gasteiger partial charge in [0.1, 0.15) is 12.4 Å². The van der Waals surface area contributed by atoms with Gasteiger partial charge in [-0.05, 0) is 18.6 Å². The molecule has 5 nitrogen and oxygen atoms in total. The van der Waals surface area contributed by atoms with Gasteiger partial charge in [0.05, 0.1) is 25.6 Å². The van der Waals surface area contributed by atoms with Crippen LogP contribution in [-0.2, 0) is 19.0 Å². The molecule has 6 heteroatoms. The zero-order valence-corrected chi connectivity index (χ0v) is 15.4. The van der Waals surface area contributed by atoms with Crippen molar-refractivity contribution < 1.29 is 22.1 Å². The second-order valence-electron chi connectivity index (χ2n) is 5.63. The lowest BCUT2D eigenvalue weighted by atomic mass is 10.1. The van der Waals surface area contributed by atoms with E-state index in [1.807, 2.05) is 30.3 Å². The summed E-state index contributed by atoms with van der Waals surface area (Å²) in [6.45, 7) is 3.30. The van der Waals surface area contributed by atoms with Crippen molar-refractivity contribution in [3.05, 3.63) is 30.3 Å². The van der Waals surface area contributed by atoms with E-state index in [1.165, 1.54) is 19.3 Å². The molecule has 0 heterocycles. The van der Waals surface area contributed by atoms with Crippen molar-refractivity contribution in [2.45, 2.75) is 45.4 Å². The van der Waals surface area contributed by atoms with Gasteiger partial charge < -0.3 is 9.47 Å². The molecule has 0 saturated heterocycles. The van der Waals surface area contributed by atoms with E-state index < -0.39 is 10.1 Å². The van der Waals surface area contributed by atoms with Crippen molar-refractivity contribution in [2.24, 2.45) is 0 Å². The molecule has 1 rings (SSSR count). The lowest BCUT2D eigenvalue weighted by molar-refractivity contribution is 0.110. The van der Waals surface area contributed by atoms with Gasteiger partial charge in [0, 0.05) is 0 Å². The van der Waals surface area contributed by atoms with Crippen LogP contribution in [0.25, 0.3) is 0 Å². The predicted molar refractivity (Wildman–Crippen MR) is 95.9 cm³/mol. The summed E-state index contributed by atoms with van der Waals surface area (Å²) in [6.07, 6.45) is 6.60. The Morgan fingerprint density at radius 3 is 2.29 bits per heavy atom. The van der Waals surface area contributed by atoms with E-state index in [1.54, 1.807) is 0 Å². The largest absolute Gasteiger partial charge is 0.491 e. The van der Waals surface area contributed by atoms with Crippen LogP contribution in [-0.4, -0.2) is 40.6 Å². The molecular weight excluding hydrogens is 328 g/mol. The lowest BCUT2D eigenvalue weighted by Crippen LogP contribution is -2.17. The molecule has 0 fully saturated rings. The molecule has 0 unspecified atom stereocenters. The van der Waals surface area contributed by atoms with Gasteiger partial charge in [-0.15, -0.1) is 0 Å². The van der Waals surface area contributed by atoms with E-state index >= 15 is 0 Å². The Balaban J connectivity index is 1.96. The van der Waals surface area contributed by atoms with Gasteiger partial charge in [0.25, 0.3) is 10.1 Å².